The number of hydrogen-bond donors (Lipinski definition) is 1. The van der Waals surface area contributed by atoms with Crippen molar-refractivity contribution in [3.05, 3.63) is 50.7 Å². The highest BCUT2D eigenvalue weighted by molar-refractivity contribution is 7.16. The second-order valence-electron chi connectivity index (χ2n) is 5.09. The number of carbonyl (C=O) groups is 2. The second kappa shape index (κ2) is 7.40. The minimum Gasteiger partial charge on any atom is -0.465 e. The molecule has 0 fully saturated rings. The molecule has 0 aliphatic heterocycles. The van der Waals surface area contributed by atoms with Crippen LogP contribution < -0.4 is 5.32 Å². The molecule has 0 aliphatic rings. The molecule has 1 aromatic heterocycles. The molecule has 0 radical (unpaired) electrons. The number of hydrogen-bond acceptors (Lipinski definition) is 4. The molecular weight excluding hydrogens is 381 g/mol. The van der Waals surface area contributed by atoms with Gasteiger partial charge in [-0.05, 0) is 18.9 Å². The van der Waals surface area contributed by atoms with Gasteiger partial charge in [0.05, 0.1) is 12.7 Å². The molecule has 0 spiro atoms. The van der Waals surface area contributed by atoms with Crippen LogP contribution in [0.1, 0.15) is 38.1 Å². The average Bonchev–Trinajstić information content (AvgIpc) is 2.92. The first-order valence-electron chi connectivity index (χ1n) is 7.18. The Bertz CT molecular complexity index is 881. The zero-order valence-electron chi connectivity index (χ0n) is 13.7. The van der Waals surface area contributed by atoms with E-state index in [1.54, 1.807) is 13.8 Å². The smallest absolute Gasteiger partial charge is 0.341 e. The Morgan fingerprint density at radius 2 is 1.46 bits per heavy atom. The lowest BCUT2D eigenvalue weighted by Crippen LogP contribution is -2.20. The Morgan fingerprint density at radius 3 is 1.92 bits per heavy atom. The third-order valence-electron chi connectivity index (χ3n) is 3.62. The summed E-state index contributed by atoms with van der Waals surface area (Å²) in [5.74, 6) is -13.7. The monoisotopic (exact) mass is 393 g/mol. The van der Waals surface area contributed by atoms with Crippen molar-refractivity contribution in [1.29, 1.82) is 0 Å². The number of thiophene rings is 1. The SMILES string of the molecule is CCc1c(C)sc(NC(=O)c2c(F)c(F)c(F)c(F)c2F)c1C(=O)OC. The molecule has 26 heavy (non-hydrogen) atoms. The van der Waals surface area contributed by atoms with Gasteiger partial charge in [0.25, 0.3) is 5.91 Å². The third-order valence-corrected chi connectivity index (χ3v) is 4.68. The van der Waals surface area contributed by atoms with E-state index in [4.69, 9.17) is 0 Å². The Labute approximate surface area is 148 Å². The van der Waals surface area contributed by atoms with Crippen LogP contribution in [0.15, 0.2) is 0 Å². The van der Waals surface area contributed by atoms with Crippen molar-refractivity contribution < 1.29 is 36.3 Å². The topological polar surface area (TPSA) is 55.4 Å². The van der Waals surface area contributed by atoms with Gasteiger partial charge < -0.3 is 10.1 Å². The maximum atomic E-state index is 13.8. The van der Waals surface area contributed by atoms with E-state index < -0.39 is 46.5 Å². The van der Waals surface area contributed by atoms with Gasteiger partial charge in [-0.2, -0.15) is 0 Å². The van der Waals surface area contributed by atoms with Crippen LogP contribution in [0.2, 0.25) is 0 Å². The van der Waals surface area contributed by atoms with Crippen LogP contribution in [0.3, 0.4) is 0 Å². The van der Waals surface area contributed by atoms with E-state index in [1.807, 2.05) is 5.32 Å². The highest BCUT2D eigenvalue weighted by atomic mass is 32.1. The maximum absolute atomic E-state index is 13.8. The summed E-state index contributed by atoms with van der Waals surface area (Å²) in [6, 6.07) is 0. The molecule has 1 N–H and O–H groups in total. The number of esters is 1. The van der Waals surface area contributed by atoms with Gasteiger partial charge in [0.1, 0.15) is 10.6 Å². The first-order valence-corrected chi connectivity index (χ1v) is 8.00. The van der Waals surface area contributed by atoms with Gasteiger partial charge in [-0.3, -0.25) is 4.79 Å². The molecule has 10 heteroatoms. The lowest BCUT2D eigenvalue weighted by molar-refractivity contribution is 0.0601. The first-order chi connectivity index (χ1) is 12.1. The van der Waals surface area contributed by atoms with Gasteiger partial charge in [0, 0.05) is 4.88 Å². The van der Waals surface area contributed by atoms with Crippen molar-refractivity contribution in [1.82, 2.24) is 0 Å². The van der Waals surface area contributed by atoms with E-state index in [2.05, 4.69) is 4.74 Å². The summed E-state index contributed by atoms with van der Waals surface area (Å²) in [7, 11) is 1.10. The Morgan fingerprint density at radius 1 is 0.962 bits per heavy atom. The van der Waals surface area contributed by atoms with Gasteiger partial charge in [0.2, 0.25) is 5.82 Å². The molecule has 0 atom stereocenters. The predicted octanol–water partition coefficient (Wildman–Crippen LogP) is 4.35. The molecule has 4 nitrogen and oxygen atoms in total. The summed E-state index contributed by atoms with van der Waals surface area (Å²) in [4.78, 5) is 24.7. The summed E-state index contributed by atoms with van der Waals surface area (Å²) >= 11 is 0.916. The van der Waals surface area contributed by atoms with E-state index in [9.17, 15) is 31.5 Å². The minimum absolute atomic E-state index is 0.0327. The standard InChI is InChI=1S/C16H12F5NO3S/c1-4-6-5(2)26-15(7(6)16(24)25-3)22-14(23)8-9(17)11(19)13(21)12(20)10(8)18/h4H2,1-3H3,(H,22,23). The quantitative estimate of drug-likeness (QED) is 0.364. The van der Waals surface area contributed by atoms with Crippen LogP contribution in [0.25, 0.3) is 0 Å². The summed E-state index contributed by atoms with van der Waals surface area (Å²) in [6.45, 7) is 3.38. The molecule has 1 aromatic carbocycles. The van der Waals surface area contributed by atoms with Crippen LogP contribution in [0.5, 0.6) is 0 Å². The first kappa shape index (κ1) is 19.8. The lowest BCUT2D eigenvalue weighted by atomic mass is 10.1. The molecule has 0 aliphatic carbocycles. The van der Waals surface area contributed by atoms with Crippen molar-refractivity contribution in [3.8, 4) is 0 Å². The summed E-state index contributed by atoms with van der Waals surface area (Å²) in [5.41, 5.74) is -1.13. The highest BCUT2D eigenvalue weighted by Gasteiger charge is 2.31. The van der Waals surface area contributed by atoms with Crippen molar-refractivity contribution >= 4 is 28.2 Å². The fraction of sp³-hybridized carbons (Fsp3) is 0.250. The van der Waals surface area contributed by atoms with Crippen molar-refractivity contribution in [2.75, 3.05) is 12.4 Å². The number of carbonyl (C=O) groups excluding carboxylic acids is 2. The number of methoxy groups -OCH3 is 1. The molecule has 0 saturated carbocycles. The lowest BCUT2D eigenvalue weighted by Gasteiger charge is -2.09. The maximum Gasteiger partial charge on any atom is 0.341 e. The average molecular weight is 393 g/mol. The molecule has 1 amide bonds. The second-order valence-corrected chi connectivity index (χ2v) is 6.31. The van der Waals surface area contributed by atoms with Gasteiger partial charge >= 0.3 is 5.97 Å². The van der Waals surface area contributed by atoms with E-state index in [0.29, 0.717) is 16.9 Å². The summed E-state index contributed by atoms with van der Waals surface area (Å²) in [5, 5.41) is 1.93. The van der Waals surface area contributed by atoms with Crippen LogP contribution >= 0.6 is 11.3 Å². The third kappa shape index (κ3) is 3.16. The summed E-state index contributed by atoms with van der Waals surface area (Å²) < 4.78 is 71.8. The van der Waals surface area contributed by atoms with Gasteiger partial charge in [-0.25, -0.2) is 26.7 Å². The molecule has 0 bridgehead atoms. The zero-order chi connectivity index (χ0) is 19.8. The Balaban J connectivity index is 2.55. The van der Waals surface area contributed by atoms with E-state index in [-0.39, 0.29) is 10.6 Å². The van der Waals surface area contributed by atoms with E-state index in [0.717, 1.165) is 18.4 Å². The molecular formula is C16H12F5NO3S. The van der Waals surface area contributed by atoms with Gasteiger partial charge in [-0.15, -0.1) is 11.3 Å². The fourth-order valence-electron chi connectivity index (χ4n) is 2.38. The Kier molecular flexibility index (Phi) is 5.65. The van der Waals surface area contributed by atoms with Crippen LogP contribution in [0, 0.1) is 36.0 Å². The minimum atomic E-state index is -2.37. The number of halogens is 5. The zero-order valence-corrected chi connectivity index (χ0v) is 14.5. The molecule has 140 valence electrons. The number of ether oxygens (including phenoxy) is 1. The van der Waals surface area contributed by atoms with Crippen molar-refractivity contribution in [2.45, 2.75) is 20.3 Å². The predicted molar refractivity (Wildman–Crippen MR) is 84.0 cm³/mol. The van der Waals surface area contributed by atoms with Gasteiger partial charge in [-0.1, -0.05) is 6.92 Å². The van der Waals surface area contributed by atoms with E-state index >= 15 is 0 Å². The summed E-state index contributed by atoms with van der Waals surface area (Å²) in [6.07, 6.45) is 0.394. The van der Waals surface area contributed by atoms with Crippen molar-refractivity contribution in [3.63, 3.8) is 0 Å². The largest absolute Gasteiger partial charge is 0.465 e. The molecule has 0 unspecified atom stereocenters. The van der Waals surface area contributed by atoms with Crippen LogP contribution in [-0.4, -0.2) is 19.0 Å². The number of anilines is 1. The van der Waals surface area contributed by atoms with Crippen molar-refractivity contribution in [2.24, 2.45) is 0 Å². The molecule has 2 rings (SSSR count). The number of aryl methyl sites for hydroxylation is 1. The van der Waals surface area contributed by atoms with Crippen LogP contribution in [-0.2, 0) is 11.2 Å². The number of rotatable bonds is 4. The molecule has 0 saturated heterocycles. The highest BCUT2D eigenvalue weighted by Crippen LogP contribution is 2.35. The number of benzene rings is 1. The van der Waals surface area contributed by atoms with E-state index in [1.165, 1.54) is 0 Å². The fourth-order valence-corrected chi connectivity index (χ4v) is 3.51. The number of amides is 1. The van der Waals surface area contributed by atoms with Crippen LogP contribution in [0.4, 0.5) is 27.0 Å². The number of nitrogens with one attached hydrogen (secondary N) is 1. The van der Waals surface area contributed by atoms with Gasteiger partial charge in [0.15, 0.2) is 23.3 Å². The molecule has 2 aromatic rings. The molecule has 1 heterocycles. The Hall–Kier alpha value is -2.49. The normalized spacial score (nSPS) is 10.8.